The van der Waals surface area contributed by atoms with E-state index in [-0.39, 0.29) is 11.9 Å². The van der Waals surface area contributed by atoms with Gasteiger partial charge >= 0.3 is 0 Å². The third kappa shape index (κ3) is 1.51. The van der Waals surface area contributed by atoms with E-state index in [0.29, 0.717) is 13.0 Å². The SMILES string of the molecule is CCON1C(=O)CC1c1ccccc1. The highest BCUT2D eigenvalue weighted by molar-refractivity contribution is 5.82. The summed E-state index contributed by atoms with van der Waals surface area (Å²) in [7, 11) is 0. The van der Waals surface area contributed by atoms with Crippen LogP contribution in [0.1, 0.15) is 24.9 Å². The van der Waals surface area contributed by atoms with Crippen molar-refractivity contribution in [2.24, 2.45) is 0 Å². The highest BCUT2D eigenvalue weighted by Gasteiger charge is 2.38. The molecule has 0 N–H and O–H groups in total. The number of β-lactam (4-membered cyclic amide) rings is 1. The van der Waals surface area contributed by atoms with Gasteiger partial charge in [0.2, 0.25) is 5.91 Å². The summed E-state index contributed by atoms with van der Waals surface area (Å²) in [6, 6.07) is 10.1. The molecule has 1 heterocycles. The second-order valence-corrected chi connectivity index (χ2v) is 3.27. The van der Waals surface area contributed by atoms with Crippen LogP contribution in [-0.4, -0.2) is 17.6 Å². The number of carbonyl (C=O) groups excluding carboxylic acids is 1. The fourth-order valence-corrected chi connectivity index (χ4v) is 1.63. The molecule has 1 aliphatic heterocycles. The molecule has 1 atom stereocenters. The minimum Gasteiger partial charge on any atom is -0.272 e. The Kier molecular flexibility index (Phi) is 2.50. The smallest absolute Gasteiger partial charge is 0.249 e. The first-order valence-corrected chi connectivity index (χ1v) is 4.83. The molecule has 0 radical (unpaired) electrons. The molecule has 2 rings (SSSR count). The minimum atomic E-state index is 0.0701. The number of hydrogen-bond acceptors (Lipinski definition) is 2. The van der Waals surface area contributed by atoms with Gasteiger partial charge < -0.3 is 0 Å². The molecule has 0 spiro atoms. The summed E-state index contributed by atoms with van der Waals surface area (Å²) in [4.78, 5) is 16.4. The largest absolute Gasteiger partial charge is 0.272 e. The molecule has 0 saturated carbocycles. The van der Waals surface area contributed by atoms with Gasteiger partial charge in [-0.3, -0.25) is 9.63 Å². The van der Waals surface area contributed by atoms with Crippen molar-refractivity contribution >= 4 is 5.91 Å². The molecule has 1 aliphatic rings. The molecule has 0 bridgehead atoms. The van der Waals surface area contributed by atoms with Gasteiger partial charge in [-0.25, -0.2) is 5.06 Å². The van der Waals surface area contributed by atoms with Crippen LogP contribution in [0.4, 0.5) is 0 Å². The normalized spacial score (nSPS) is 20.8. The number of nitrogens with zero attached hydrogens (tertiary/aromatic N) is 1. The Balaban J connectivity index is 2.10. The van der Waals surface area contributed by atoms with Crippen molar-refractivity contribution in [2.45, 2.75) is 19.4 Å². The van der Waals surface area contributed by atoms with E-state index in [9.17, 15) is 4.79 Å². The molecule has 1 aromatic rings. The molecule has 0 aromatic heterocycles. The molecule has 3 nitrogen and oxygen atoms in total. The van der Waals surface area contributed by atoms with Crippen LogP contribution in [0.5, 0.6) is 0 Å². The quantitative estimate of drug-likeness (QED) is 0.683. The topological polar surface area (TPSA) is 29.5 Å². The highest BCUT2D eigenvalue weighted by Crippen LogP contribution is 2.34. The average molecular weight is 191 g/mol. The van der Waals surface area contributed by atoms with E-state index in [2.05, 4.69) is 0 Å². The number of benzene rings is 1. The molecular formula is C11H13NO2. The zero-order valence-electron chi connectivity index (χ0n) is 8.14. The Morgan fingerprint density at radius 1 is 1.43 bits per heavy atom. The maximum atomic E-state index is 11.2. The van der Waals surface area contributed by atoms with E-state index in [0.717, 1.165) is 5.56 Å². The van der Waals surface area contributed by atoms with Crippen molar-refractivity contribution in [1.29, 1.82) is 0 Å². The van der Waals surface area contributed by atoms with Crippen molar-refractivity contribution < 1.29 is 9.63 Å². The highest BCUT2D eigenvalue weighted by atomic mass is 16.7. The summed E-state index contributed by atoms with van der Waals surface area (Å²) in [6.07, 6.45) is 0.560. The Bertz CT molecular complexity index is 323. The number of hydrogen-bond donors (Lipinski definition) is 0. The fraction of sp³-hybridized carbons (Fsp3) is 0.364. The van der Waals surface area contributed by atoms with Gasteiger partial charge in [-0.05, 0) is 12.5 Å². The first-order valence-electron chi connectivity index (χ1n) is 4.83. The zero-order valence-corrected chi connectivity index (χ0v) is 8.14. The molecule has 1 unspecified atom stereocenters. The number of rotatable bonds is 3. The molecule has 3 heteroatoms. The van der Waals surface area contributed by atoms with Crippen molar-refractivity contribution in [1.82, 2.24) is 5.06 Å². The summed E-state index contributed by atoms with van der Waals surface area (Å²) in [5.41, 5.74) is 1.14. The summed E-state index contributed by atoms with van der Waals surface area (Å²) in [5.74, 6) is 0.0701. The van der Waals surface area contributed by atoms with Crippen molar-refractivity contribution in [3.05, 3.63) is 35.9 Å². The molecule has 74 valence electrons. The zero-order chi connectivity index (χ0) is 9.97. The monoisotopic (exact) mass is 191 g/mol. The van der Waals surface area contributed by atoms with E-state index in [1.165, 1.54) is 5.06 Å². The Morgan fingerprint density at radius 3 is 2.71 bits per heavy atom. The first kappa shape index (κ1) is 9.21. The van der Waals surface area contributed by atoms with Gasteiger partial charge in [0.25, 0.3) is 0 Å². The molecule has 0 aliphatic carbocycles. The third-order valence-corrected chi connectivity index (χ3v) is 2.35. The van der Waals surface area contributed by atoms with Gasteiger partial charge in [0.15, 0.2) is 0 Å². The van der Waals surface area contributed by atoms with E-state index in [1.54, 1.807) is 0 Å². The molecule has 1 fully saturated rings. The summed E-state index contributed by atoms with van der Waals surface area (Å²) >= 11 is 0. The number of carbonyl (C=O) groups is 1. The summed E-state index contributed by atoms with van der Waals surface area (Å²) in [6.45, 7) is 2.42. The van der Waals surface area contributed by atoms with Crippen molar-refractivity contribution in [3.8, 4) is 0 Å². The lowest BCUT2D eigenvalue weighted by molar-refractivity contribution is -0.227. The van der Waals surface area contributed by atoms with Gasteiger partial charge in [-0.1, -0.05) is 30.3 Å². The molecule has 1 aromatic carbocycles. The Hall–Kier alpha value is -1.35. The predicted octanol–water partition coefficient (Wildman–Crippen LogP) is 1.91. The molecule has 1 saturated heterocycles. The number of amides is 1. The van der Waals surface area contributed by atoms with Crippen LogP contribution in [0.3, 0.4) is 0 Å². The van der Waals surface area contributed by atoms with Crippen LogP contribution in [-0.2, 0) is 9.63 Å². The summed E-state index contributed by atoms with van der Waals surface area (Å²) in [5, 5.41) is 1.47. The second kappa shape index (κ2) is 3.80. The lowest BCUT2D eigenvalue weighted by Crippen LogP contribution is -2.46. The van der Waals surface area contributed by atoms with Gasteiger partial charge in [0, 0.05) is 0 Å². The number of hydroxylamine groups is 2. The predicted molar refractivity (Wildman–Crippen MR) is 52.3 cm³/mol. The Labute approximate surface area is 83.2 Å². The van der Waals surface area contributed by atoms with Gasteiger partial charge in [0.1, 0.15) is 0 Å². The molecular weight excluding hydrogens is 178 g/mol. The van der Waals surface area contributed by atoms with Crippen LogP contribution < -0.4 is 0 Å². The first-order chi connectivity index (χ1) is 6.83. The van der Waals surface area contributed by atoms with Crippen LogP contribution >= 0.6 is 0 Å². The lowest BCUT2D eigenvalue weighted by Gasteiger charge is -2.38. The van der Waals surface area contributed by atoms with Crippen LogP contribution in [0.15, 0.2) is 30.3 Å². The van der Waals surface area contributed by atoms with E-state index >= 15 is 0 Å². The summed E-state index contributed by atoms with van der Waals surface area (Å²) < 4.78 is 0. The van der Waals surface area contributed by atoms with Gasteiger partial charge in [0.05, 0.1) is 19.1 Å². The van der Waals surface area contributed by atoms with Crippen LogP contribution in [0.25, 0.3) is 0 Å². The lowest BCUT2D eigenvalue weighted by atomic mass is 9.97. The maximum absolute atomic E-state index is 11.2. The maximum Gasteiger partial charge on any atom is 0.249 e. The van der Waals surface area contributed by atoms with Crippen LogP contribution in [0, 0.1) is 0 Å². The van der Waals surface area contributed by atoms with Crippen molar-refractivity contribution in [2.75, 3.05) is 6.61 Å². The van der Waals surface area contributed by atoms with Crippen molar-refractivity contribution in [3.63, 3.8) is 0 Å². The fourth-order valence-electron chi connectivity index (χ4n) is 1.63. The van der Waals surface area contributed by atoms with E-state index in [1.807, 2.05) is 37.3 Å². The molecule has 14 heavy (non-hydrogen) atoms. The van der Waals surface area contributed by atoms with Crippen LogP contribution in [0.2, 0.25) is 0 Å². The van der Waals surface area contributed by atoms with E-state index < -0.39 is 0 Å². The standard InChI is InChI=1S/C11H13NO2/c1-2-14-12-10(8-11(12)13)9-6-4-3-5-7-9/h3-7,10H,2,8H2,1H3. The second-order valence-electron chi connectivity index (χ2n) is 3.27. The average Bonchev–Trinajstić information content (AvgIpc) is 2.24. The molecule has 1 amide bonds. The minimum absolute atomic E-state index is 0.0701. The Morgan fingerprint density at radius 2 is 2.14 bits per heavy atom. The van der Waals surface area contributed by atoms with E-state index in [4.69, 9.17) is 4.84 Å². The third-order valence-electron chi connectivity index (χ3n) is 2.35. The van der Waals surface area contributed by atoms with Gasteiger partial charge in [-0.2, -0.15) is 0 Å². The van der Waals surface area contributed by atoms with Gasteiger partial charge in [-0.15, -0.1) is 0 Å².